The quantitative estimate of drug-likeness (QED) is 0.548. The molecule has 0 aliphatic heterocycles. The first kappa shape index (κ1) is 13.4. The van der Waals surface area contributed by atoms with E-state index in [-0.39, 0.29) is 0 Å². The second-order valence-electron chi connectivity index (χ2n) is 3.86. The zero-order valence-electron chi connectivity index (χ0n) is 10.3. The van der Waals surface area contributed by atoms with Gasteiger partial charge in [-0.05, 0) is 24.9 Å². The van der Waals surface area contributed by atoms with Gasteiger partial charge in [0.05, 0.1) is 6.20 Å². The van der Waals surface area contributed by atoms with Crippen molar-refractivity contribution in [1.29, 1.82) is 0 Å². The standard InChI is InChI=1S/C12H19N3O2/c1-3-11(12(16)17)5-7-13-6-4-10-8-14-15(2)9-10/h5,8-9,13H,3-4,6-7H2,1-2H3,(H,16,17). The van der Waals surface area contributed by atoms with Gasteiger partial charge in [-0.3, -0.25) is 4.68 Å². The number of carboxylic acid groups (broad SMARTS) is 1. The van der Waals surface area contributed by atoms with Crippen molar-refractivity contribution in [2.24, 2.45) is 7.05 Å². The predicted octanol–water partition coefficient (Wildman–Crippen LogP) is 0.973. The van der Waals surface area contributed by atoms with Gasteiger partial charge in [0.1, 0.15) is 0 Å². The van der Waals surface area contributed by atoms with Gasteiger partial charge in [0.2, 0.25) is 0 Å². The third-order valence-corrected chi connectivity index (χ3v) is 2.50. The van der Waals surface area contributed by atoms with Crippen LogP contribution in [0.25, 0.3) is 0 Å². The fourth-order valence-corrected chi connectivity index (χ4v) is 1.51. The van der Waals surface area contributed by atoms with Crippen molar-refractivity contribution in [3.05, 3.63) is 29.6 Å². The molecule has 5 heteroatoms. The Bertz CT molecular complexity index is 396. The summed E-state index contributed by atoms with van der Waals surface area (Å²) < 4.78 is 1.77. The molecule has 0 saturated carbocycles. The Hall–Kier alpha value is -1.62. The topological polar surface area (TPSA) is 67.2 Å². The van der Waals surface area contributed by atoms with Crippen molar-refractivity contribution in [3.8, 4) is 0 Å². The normalized spacial score (nSPS) is 11.8. The summed E-state index contributed by atoms with van der Waals surface area (Å²) in [5, 5.41) is 16.1. The van der Waals surface area contributed by atoms with Gasteiger partial charge in [-0.1, -0.05) is 13.0 Å². The summed E-state index contributed by atoms with van der Waals surface area (Å²) in [6, 6.07) is 0. The number of nitrogens with zero attached hydrogens (tertiary/aromatic N) is 2. The summed E-state index contributed by atoms with van der Waals surface area (Å²) in [7, 11) is 1.89. The van der Waals surface area contributed by atoms with Gasteiger partial charge in [0, 0.05) is 25.4 Å². The van der Waals surface area contributed by atoms with Crippen LogP contribution in [0.15, 0.2) is 24.0 Å². The Balaban J connectivity index is 2.22. The van der Waals surface area contributed by atoms with Crippen LogP contribution in [0, 0.1) is 0 Å². The van der Waals surface area contributed by atoms with Crippen molar-refractivity contribution in [2.75, 3.05) is 13.1 Å². The van der Waals surface area contributed by atoms with E-state index in [0.717, 1.165) is 13.0 Å². The van der Waals surface area contributed by atoms with Crippen molar-refractivity contribution in [3.63, 3.8) is 0 Å². The van der Waals surface area contributed by atoms with E-state index in [9.17, 15) is 4.79 Å². The molecule has 0 saturated heterocycles. The number of hydrogen-bond acceptors (Lipinski definition) is 3. The number of carboxylic acids is 1. The summed E-state index contributed by atoms with van der Waals surface area (Å²) in [6.07, 6.45) is 7.00. The number of rotatable bonds is 7. The highest BCUT2D eigenvalue weighted by Gasteiger charge is 2.02. The first-order chi connectivity index (χ1) is 8.13. The molecule has 0 bridgehead atoms. The molecule has 0 aliphatic carbocycles. The molecule has 0 fully saturated rings. The monoisotopic (exact) mass is 237 g/mol. The lowest BCUT2D eigenvalue weighted by Crippen LogP contribution is -2.18. The first-order valence-corrected chi connectivity index (χ1v) is 5.74. The Morgan fingerprint density at radius 2 is 2.41 bits per heavy atom. The van der Waals surface area contributed by atoms with Gasteiger partial charge >= 0.3 is 5.97 Å². The van der Waals surface area contributed by atoms with E-state index in [1.165, 1.54) is 5.56 Å². The number of hydrogen-bond donors (Lipinski definition) is 2. The molecule has 0 atom stereocenters. The lowest BCUT2D eigenvalue weighted by Gasteiger charge is -2.01. The van der Waals surface area contributed by atoms with Crippen molar-refractivity contribution < 1.29 is 9.90 Å². The van der Waals surface area contributed by atoms with Crippen LogP contribution < -0.4 is 5.32 Å². The highest BCUT2D eigenvalue weighted by molar-refractivity contribution is 5.86. The SMILES string of the molecule is CCC(=CCNCCc1cnn(C)c1)C(=O)O. The number of aryl methyl sites for hydroxylation is 1. The fourth-order valence-electron chi connectivity index (χ4n) is 1.51. The molecule has 1 aromatic rings. The molecule has 0 spiro atoms. The Labute approximate surface area is 101 Å². The Morgan fingerprint density at radius 3 is 2.94 bits per heavy atom. The van der Waals surface area contributed by atoms with Crippen molar-refractivity contribution >= 4 is 5.97 Å². The molecule has 1 aromatic heterocycles. The largest absolute Gasteiger partial charge is 0.478 e. The van der Waals surface area contributed by atoms with Crippen LogP contribution in [0.3, 0.4) is 0 Å². The highest BCUT2D eigenvalue weighted by atomic mass is 16.4. The summed E-state index contributed by atoms with van der Waals surface area (Å²) in [4.78, 5) is 10.7. The fraction of sp³-hybridized carbons (Fsp3) is 0.500. The van der Waals surface area contributed by atoms with Crippen LogP contribution >= 0.6 is 0 Å². The van der Waals surface area contributed by atoms with Crippen LogP contribution in [-0.4, -0.2) is 33.9 Å². The van der Waals surface area contributed by atoms with Crippen molar-refractivity contribution in [1.82, 2.24) is 15.1 Å². The molecule has 1 heterocycles. The predicted molar refractivity (Wildman–Crippen MR) is 65.8 cm³/mol. The van der Waals surface area contributed by atoms with Crippen LogP contribution in [-0.2, 0) is 18.3 Å². The second-order valence-corrected chi connectivity index (χ2v) is 3.86. The minimum Gasteiger partial charge on any atom is -0.478 e. The lowest BCUT2D eigenvalue weighted by molar-refractivity contribution is -0.132. The van der Waals surface area contributed by atoms with E-state index in [1.54, 1.807) is 10.8 Å². The van der Waals surface area contributed by atoms with E-state index in [4.69, 9.17) is 5.11 Å². The van der Waals surface area contributed by atoms with Gasteiger partial charge in [0.25, 0.3) is 0 Å². The van der Waals surface area contributed by atoms with Crippen LogP contribution in [0.2, 0.25) is 0 Å². The molecule has 0 amide bonds. The Morgan fingerprint density at radius 1 is 1.65 bits per heavy atom. The number of carbonyl (C=O) groups is 1. The van der Waals surface area contributed by atoms with Crippen LogP contribution in [0.4, 0.5) is 0 Å². The van der Waals surface area contributed by atoms with E-state index < -0.39 is 5.97 Å². The maximum atomic E-state index is 10.7. The number of aliphatic carboxylic acids is 1. The maximum Gasteiger partial charge on any atom is 0.331 e. The minimum absolute atomic E-state index is 0.457. The van der Waals surface area contributed by atoms with Gasteiger partial charge in [-0.25, -0.2) is 4.79 Å². The van der Waals surface area contributed by atoms with Crippen LogP contribution in [0.5, 0.6) is 0 Å². The third-order valence-electron chi connectivity index (χ3n) is 2.50. The van der Waals surface area contributed by atoms with E-state index in [0.29, 0.717) is 18.5 Å². The van der Waals surface area contributed by atoms with Gasteiger partial charge < -0.3 is 10.4 Å². The molecule has 0 radical (unpaired) electrons. The van der Waals surface area contributed by atoms with Gasteiger partial charge in [-0.2, -0.15) is 5.10 Å². The average Bonchev–Trinajstić information content (AvgIpc) is 2.69. The average molecular weight is 237 g/mol. The molecule has 94 valence electrons. The molecule has 0 aliphatic rings. The van der Waals surface area contributed by atoms with E-state index in [1.807, 2.05) is 26.4 Å². The molecule has 17 heavy (non-hydrogen) atoms. The van der Waals surface area contributed by atoms with Crippen molar-refractivity contribution in [2.45, 2.75) is 19.8 Å². The molecule has 0 unspecified atom stereocenters. The van der Waals surface area contributed by atoms with E-state index in [2.05, 4.69) is 10.4 Å². The molecular weight excluding hydrogens is 218 g/mol. The molecule has 5 nitrogen and oxygen atoms in total. The molecule has 0 aromatic carbocycles. The van der Waals surface area contributed by atoms with E-state index >= 15 is 0 Å². The summed E-state index contributed by atoms with van der Waals surface area (Å²) in [6.45, 7) is 3.25. The molecule has 1 rings (SSSR count). The summed E-state index contributed by atoms with van der Waals surface area (Å²) >= 11 is 0. The highest BCUT2D eigenvalue weighted by Crippen LogP contribution is 1.99. The zero-order valence-corrected chi connectivity index (χ0v) is 10.3. The smallest absolute Gasteiger partial charge is 0.331 e. The Kier molecular flexibility index (Phi) is 5.42. The summed E-state index contributed by atoms with van der Waals surface area (Å²) in [5.41, 5.74) is 1.64. The zero-order chi connectivity index (χ0) is 12.7. The minimum atomic E-state index is -0.832. The first-order valence-electron chi connectivity index (χ1n) is 5.74. The third kappa shape index (κ3) is 4.82. The van der Waals surface area contributed by atoms with Gasteiger partial charge in [0.15, 0.2) is 0 Å². The van der Waals surface area contributed by atoms with Crippen LogP contribution in [0.1, 0.15) is 18.9 Å². The number of aromatic nitrogens is 2. The molecular formula is C12H19N3O2. The van der Waals surface area contributed by atoms with Gasteiger partial charge in [-0.15, -0.1) is 0 Å². The summed E-state index contributed by atoms with van der Waals surface area (Å²) in [5.74, 6) is -0.832. The number of nitrogens with one attached hydrogen (secondary N) is 1. The lowest BCUT2D eigenvalue weighted by atomic mass is 10.2. The molecule has 2 N–H and O–H groups in total. The second kappa shape index (κ2) is 6.85. The maximum absolute atomic E-state index is 10.7.